The van der Waals surface area contributed by atoms with Gasteiger partial charge in [-0.05, 0) is 6.92 Å². The summed E-state index contributed by atoms with van der Waals surface area (Å²) in [5.74, 6) is -3.63. The number of nitrogens with one attached hydrogen (secondary N) is 1. The van der Waals surface area contributed by atoms with E-state index in [1.165, 1.54) is 6.92 Å². The summed E-state index contributed by atoms with van der Waals surface area (Å²) in [7, 11) is 0. The van der Waals surface area contributed by atoms with E-state index in [1.54, 1.807) is 0 Å². The molecule has 6 N–H and O–H groups in total. The summed E-state index contributed by atoms with van der Waals surface area (Å²) in [6.45, 7) is 1.18. The highest BCUT2D eigenvalue weighted by molar-refractivity contribution is 5.89. The van der Waals surface area contributed by atoms with Crippen LogP contribution in [0.5, 0.6) is 0 Å². The predicted octanol–water partition coefficient (Wildman–Crippen LogP) is -2.26. The molecule has 16 heavy (non-hydrogen) atoms. The number of amides is 1. The van der Waals surface area contributed by atoms with Gasteiger partial charge in [-0.1, -0.05) is 0 Å². The van der Waals surface area contributed by atoms with Crippen LogP contribution in [0.15, 0.2) is 0 Å². The highest BCUT2D eigenvalue weighted by Gasteiger charge is 2.27. The number of hydrogen-bond acceptors (Lipinski definition) is 5. The van der Waals surface area contributed by atoms with Gasteiger partial charge in [0.15, 0.2) is 6.04 Å². The lowest BCUT2D eigenvalue weighted by atomic mass is 10.1. The molecule has 0 saturated carbocycles. The topological polar surface area (TPSA) is 150 Å². The predicted molar refractivity (Wildman–Crippen MR) is 51.5 cm³/mol. The standard InChI is InChI=1S/C8H14N2O6/c1-3(11)6(8(15)16)10-7(14)4(9)2-5(12)13/h3-4,6,11H,2,9H2,1H3,(H,10,14)(H,12,13)(H,15,16)/t3-,4+,6+/m1/s1. The molecule has 0 bridgehead atoms. The Kier molecular flexibility index (Phi) is 5.40. The van der Waals surface area contributed by atoms with E-state index in [2.05, 4.69) is 0 Å². The Balaban J connectivity index is 4.40. The molecule has 0 rings (SSSR count). The number of aliphatic carboxylic acids is 2. The van der Waals surface area contributed by atoms with Crippen LogP contribution in [0.25, 0.3) is 0 Å². The van der Waals surface area contributed by atoms with Crippen LogP contribution in [0.3, 0.4) is 0 Å². The molecule has 8 nitrogen and oxygen atoms in total. The van der Waals surface area contributed by atoms with E-state index in [0.717, 1.165) is 0 Å². The van der Waals surface area contributed by atoms with Crippen molar-refractivity contribution in [3.8, 4) is 0 Å². The smallest absolute Gasteiger partial charge is 0.328 e. The van der Waals surface area contributed by atoms with Gasteiger partial charge in [0.1, 0.15) is 0 Å². The first-order valence-corrected chi connectivity index (χ1v) is 4.44. The molecular formula is C8H14N2O6. The van der Waals surface area contributed by atoms with Gasteiger partial charge in [0, 0.05) is 0 Å². The first kappa shape index (κ1) is 14.3. The molecule has 0 heterocycles. The number of carbonyl (C=O) groups excluding carboxylic acids is 1. The first-order chi connectivity index (χ1) is 7.25. The molecule has 8 heteroatoms. The maximum atomic E-state index is 11.2. The molecule has 1 amide bonds. The summed E-state index contributed by atoms with van der Waals surface area (Å²) in [6.07, 6.45) is -1.92. The zero-order valence-electron chi connectivity index (χ0n) is 8.58. The molecule has 0 aliphatic carbocycles. The minimum Gasteiger partial charge on any atom is -0.481 e. The maximum Gasteiger partial charge on any atom is 0.328 e. The van der Waals surface area contributed by atoms with Crippen LogP contribution in [0.2, 0.25) is 0 Å². The highest BCUT2D eigenvalue weighted by atomic mass is 16.4. The first-order valence-electron chi connectivity index (χ1n) is 4.44. The van der Waals surface area contributed by atoms with Gasteiger partial charge in [-0.25, -0.2) is 4.79 Å². The van der Waals surface area contributed by atoms with E-state index >= 15 is 0 Å². The van der Waals surface area contributed by atoms with Gasteiger partial charge in [0.2, 0.25) is 5.91 Å². The minimum absolute atomic E-state index is 0.613. The summed E-state index contributed by atoms with van der Waals surface area (Å²) in [6, 6.07) is -2.86. The summed E-state index contributed by atoms with van der Waals surface area (Å²) < 4.78 is 0. The maximum absolute atomic E-state index is 11.2. The number of nitrogens with two attached hydrogens (primary N) is 1. The largest absolute Gasteiger partial charge is 0.481 e. The van der Waals surface area contributed by atoms with E-state index in [9.17, 15) is 14.4 Å². The number of carboxylic acid groups (broad SMARTS) is 2. The third kappa shape index (κ3) is 4.71. The van der Waals surface area contributed by atoms with E-state index in [-0.39, 0.29) is 0 Å². The molecule has 0 saturated heterocycles. The van der Waals surface area contributed by atoms with E-state index < -0.39 is 42.5 Å². The Morgan fingerprint density at radius 1 is 1.31 bits per heavy atom. The van der Waals surface area contributed by atoms with Gasteiger partial charge < -0.3 is 26.4 Å². The molecule has 0 aliphatic heterocycles. The average molecular weight is 234 g/mol. The van der Waals surface area contributed by atoms with Gasteiger partial charge >= 0.3 is 11.9 Å². The van der Waals surface area contributed by atoms with Crippen molar-refractivity contribution in [2.75, 3.05) is 0 Å². The fourth-order valence-corrected chi connectivity index (χ4v) is 0.930. The van der Waals surface area contributed by atoms with Crippen LogP contribution in [0.4, 0.5) is 0 Å². The molecule has 0 aliphatic rings. The molecule has 3 atom stereocenters. The minimum atomic E-state index is -1.51. The fraction of sp³-hybridized carbons (Fsp3) is 0.625. The lowest BCUT2D eigenvalue weighted by molar-refractivity contribution is -0.145. The summed E-state index contributed by atoms with van der Waals surface area (Å²) in [5.41, 5.74) is 5.20. The monoisotopic (exact) mass is 234 g/mol. The molecule has 0 aromatic heterocycles. The van der Waals surface area contributed by atoms with Crippen LogP contribution in [0.1, 0.15) is 13.3 Å². The average Bonchev–Trinajstić information content (AvgIpc) is 2.11. The Morgan fingerprint density at radius 3 is 2.12 bits per heavy atom. The van der Waals surface area contributed by atoms with Gasteiger partial charge in [-0.2, -0.15) is 0 Å². The number of carbonyl (C=O) groups is 3. The van der Waals surface area contributed by atoms with E-state index in [0.29, 0.717) is 0 Å². The number of rotatable bonds is 6. The molecule has 0 spiro atoms. The molecule has 0 aromatic rings. The van der Waals surface area contributed by atoms with Crippen molar-refractivity contribution in [1.29, 1.82) is 0 Å². The summed E-state index contributed by atoms with van der Waals surface area (Å²) >= 11 is 0. The van der Waals surface area contributed by atoms with Crippen molar-refractivity contribution in [2.24, 2.45) is 5.73 Å². The zero-order chi connectivity index (χ0) is 12.9. The number of aliphatic hydroxyl groups is 1. The fourth-order valence-electron chi connectivity index (χ4n) is 0.930. The second kappa shape index (κ2) is 6.03. The Labute approximate surface area is 91.1 Å². The third-order valence-corrected chi connectivity index (χ3v) is 1.78. The van der Waals surface area contributed by atoms with Crippen molar-refractivity contribution in [3.05, 3.63) is 0 Å². The molecule has 0 aromatic carbocycles. The molecular weight excluding hydrogens is 220 g/mol. The van der Waals surface area contributed by atoms with Crippen LogP contribution in [0, 0.1) is 0 Å². The van der Waals surface area contributed by atoms with Crippen molar-refractivity contribution in [3.63, 3.8) is 0 Å². The number of carboxylic acids is 2. The van der Waals surface area contributed by atoms with Gasteiger partial charge in [0.25, 0.3) is 0 Å². The Bertz CT molecular complexity index is 290. The molecule has 0 fully saturated rings. The van der Waals surface area contributed by atoms with E-state index in [1.807, 2.05) is 5.32 Å². The molecule has 0 unspecified atom stereocenters. The van der Waals surface area contributed by atoms with Crippen LogP contribution in [-0.4, -0.2) is 51.4 Å². The molecule has 92 valence electrons. The SMILES string of the molecule is C[C@@H](O)[C@H](NC(=O)[C@@H](N)CC(=O)O)C(=O)O. The van der Waals surface area contributed by atoms with E-state index in [4.69, 9.17) is 21.1 Å². The lowest BCUT2D eigenvalue weighted by Crippen LogP contribution is -2.53. The van der Waals surface area contributed by atoms with Crippen molar-refractivity contribution in [1.82, 2.24) is 5.32 Å². The second-order valence-electron chi connectivity index (χ2n) is 3.27. The Morgan fingerprint density at radius 2 is 1.81 bits per heavy atom. The quantitative estimate of drug-likeness (QED) is 0.348. The highest BCUT2D eigenvalue weighted by Crippen LogP contribution is 1.96. The van der Waals surface area contributed by atoms with Crippen molar-refractivity contribution >= 4 is 17.8 Å². The normalized spacial score (nSPS) is 15.9. The van der Waals surface area contributed by atoms with Gasteiger partial charge in [0.05, 0.1) is 18.6 Å². The zero-order valence-corrected chi connectivity index (χ0v) is 8.58. The summed E-state index contributed by atoms with van der Waals surface area (Å²) in [4.78, 5) is 32.1. The number of hydrogen-bond donors (Lipinski definition) is 5. The van der Waals surface area contributed by atoms with Crippen LogP contribution >= 0.6 is 0 Å². The van der Waals surface area contributed by atoms with Crippen molar-refractivity contribution < 1.29 is 29.7 Å². The number of aliphatic hydroxyl groups excluding tert-OH is 1. The van der Waals surface area contributed by atoms with Crippen molar-refractivity contribution in [2.45, 2.75) is 31.5 Å². The van der Waals surface area contributed by atoms with Gasteiger partial charge in [-0.3, -0.25) is 9.59 Å². The summed E-state index contributed by atoms with van der Waals surface area (Å²) in [5, 5.41) is 28.0. The molecule has 0 radical (unpaired) electrons. The second-order valence-corrected chi connectivity index (χ2v) is 3.27. The third-order valence-electron chi connectivity index (χ3n) is 1.78. The van der Waals surface area contributed by atoms with Crippen LogP contribution in [-0.2, 0) is 14.4 Å². The lowest BCUT2D eigenvalue weighted by Gasteiger charge is -2.18. The Hall–Kier alpha value is -1.67. The van der Waals surface area contributed by atoms with Crippen LogP contribution < -0.4 is 11.1 Å². The van der Waals surface area contributed by atoms with Gasteiger partial charge in [-0.15, -0.1) is 0 Å².